The summed E-state index contributed by atoms with van der Waals surface area (Å²) in [5, 5.41) is 6.69. The first-order valence-corrected chi connectivity index (χ1v) is 14.3. The number of rotatable bonds is 4. The van der Waals surface area contributed by atoms with E-state index in [1.54, 1.807) is 11.0 Å². The van der Waals surface area contributed by atoms with Gasteiger partial charge in [0.05, 0.1) is 16.1 Å². The van der Waals surface area contributed by atoms with Gasteiger partial charge in [0.25, 0.3) is 0 Å². The lowest BCUT2D eigenvalue weighted by atomic mass is 9.94. The van der Waals surface area contributed by atoms with Gasteiger partial charge < -0.3 is 15.4 Å². The standard InChI is InChI=1S/C28H32BrCl2N3O4/c1-28(2,3)38-27(37)34-15-19(14-24(34)16-7-10-18(29)11-8-16)32-25(35)26(36)33-23-6-4-5-20(23)17-9-12-21(30)22(31)13-17/h7-13,19-20,23-24H,4-6,14-15H2,1-3H3,(H,32,35)(H,33,36). The van der Waals surface area contributed by atoms with Crippen LogP contribution in [0.15, 0.2) is 46.9 Å². The van der Waals surface area contributed by atoms with Crippen LogP contribution in [-0.2, 0) is 14.3 Å². The summed E-state index contributed by atoms with van der Waals surface area (Å²) in [6.07, 6.45) is 2.59. The number of amides is 3. The molecule has 7 nitrogen and oxygen atoms in total. The fourth-order valence-corrected chi connectivity index (χ4v) is 5.79. The monoisotopic (exact) mass is 623 g/mol. The number of hydrogen-bond donors (Lipinski definition) is 2. The van der Waals surface area contributed by atoms with Crippen LogP contribution >= 0.6 is 39.1 Å². The van der Waals surface area contributed by atoms with E-state index in [0.717, 1.165) is 34.9 Å². The summed E-state index contributed by atoms with van der Waals surface area (Å²) in [6, 6.07) is 12.3. The lowest BCUT2D eigenvalue weighted by molar-refractivity contribution is -0.140. The van der Waals surface area contributed by atoms with Crippen LogP contribution in [0.2, 0.25) is 10.0 Å². The molecule has 4 unspecified atom stereocenters. The highest BCUT2D eigenvalue weighted by molar-refractivity contribution is 9.10. The Labute approximate surface area is 241 Å². The Morgan fingerprint density at radius 3 is 2.26 bits per heavy atom. The number of ether oxygens (including phenoxy) is 1. The van der Waals surface area contributed by atoms with E-state index in [-0.39, 0.29) is 24.5 Å². The highest BCUT2D eigenvalue weighted by Gasteiger charge is 2.40. The number of benzene rings is 2. The molecule has 4 atom stereocenters. The lowest BCUT2D eigenvalue weighted by Gasteiger charge is -2.28. The van der Waals surface area contributed by atoms with Crippen molar-refractivity contribution in [1.82, 2.24) is 15.5 Å². The molecule has 10 heteroatoms. The third-order valence-electron chi connectivity index (χ3n) is 6.93. The summed E-state index contributed by atoms with van der Waals surface area (Å²) in [7, 11) is 0. The van der Waals surface area contributed by atoms with E-state index in [4.69, 9.17) is 27.9 Å². The number of carbonyl (C=O) groups excluding carboxylic acids is 3. The molecular formula is C28H32BrCl2N3O4. The number of carbonyl (C=O) groups is 3. The quantitative estimate of drug-likeness (QED) is 0.387. The summed E-state index contributed by atoms with van der Waals surface area (Å²) < 4.78 is 6.55. The highest BCUT2D eigenvalue weighted by Crippen LogP contribution is 2.37. The zero-order valence-corrected chi connectivity index (χ0v) is 24.7. The minimum atomic E-state index is -0.713. The molecule has 4 rings (SSSR count). The summed E-state index contributed by atoms with van der Waals surface area (Å²) >= 11 is 15.7. The SMILES string of the molecule is CC(C)(C)OC(=O)N1CC(NC(=O)C(=O)NC2CCCC2c2ccc(Cl)c(Cl)c2)CC1c1ccc(Br)cc1. The van der Waals surface area contributed by atoms with Gasteiger partial charge in [-0.3, -0.25) is 14.5 Å². The van der Waals surface area contributed by atoms with Gasteiger partial charge >= 0.3 is 17.9 Å². The van der Waals surface area contributed by atoms with Crippen molar-refractivity contribution in [3.05, 3.63) is 68.1 Å². The Balaban J connectivity index is 1.42. The van der Waals surface area contributed by atoms with E-state index in [9.17, 15) is 14.4 Å². The first-order valence-electron chi connectivity index (χ1n) is 12.7. The van der Waals surface area contributed by atoms with E-state index in [0.29, 0.717) is 16.5 Å². The first kappa shape index (κ1) is 28.7. The van der Waals surface area contributed by atoms with Gasteiger partial charge in [-0.05, 0) is 75.4 Å². The molecule has 1 saturated heterocycles. The van der Waals surface area contributed by atoms with Gasteiger partial charge in [0.1, 0.15) is 5.60 Å². The molecule has 1 heterocycles. The van der Waals surface area contributed by atoms with E-state index in [2.05, 4.69) is 26.6 Å². The van der Waals surface area contributed by atoms with Crippen LogP contribution in [0.3, 0.4) is 0 Å². The van der Waals surface area contributed by atoms with Crippen LogP contribution in [0.5, 0.6) is 0 Å². The first-order chi connectivity index (χ1) is 17.9. The van der Waals surface area contributed by atoms with Gasteiger partial charge in [-0.2, -0.15) is 0 Å². The third kappa shape index (κ3) is 7.01. The summed E-state index contributed by atoms with van der Waals surface area (Å²) in [5.41, 5.74) is 1.26. The molecule has 1 aliphatic heterocycles. The average Bonchev–Trinajstić information content (AvgIpc) is 3.47. The Hall–Kier alpha value is -2.29. The minimum Gasteiger partial charge on any atom is -0.444 e. The van der Waals surface area contributed by atoms with E-state index in [1.165, 1.54) is 0 Å². The highest BCUT2D eigenvalue weighted by atomic mass is 79.9. The maximum absolute atomic E-state index is 13.0. The van der Waals surface area contributed by atoms with E-state index in [1.807, 2.05) is 57.2 Å². The van der Waals surface area contributed by atoms with Gasteiger partial charge in [-0.25, -0.2) is 4.79 Å². The Kier molecular flexibility index (Phi) is 8.95. The molecule has 0 aromatic heterocycles. The number of halogens is 3. The second-order valence-electron chi connectivity index (χ2n) is 10.9. The Morgan fingerprint density at radius 2 is 1.61 bits per heavy atom. The van der Waals surface area contributed by atoms with Gasteiger partial charge in [0, 0.05) is 29.0 Å². The third-order valence-corrected chi connectivity index (χ3v) is 8.20. The van der Waals surface area contributed by atoms with Crippen LogP contribution in [0.1, 0.15) is 69.5 Å². The Morgan fingerprint density at radius 1 is 0.947 bits per heavy atom. The zero-order chi connectivity index (χ0) is 27.6. The molecule has 0 bridgehead atoms. The maximum atomic E-state index is 13.0. The van der Waals surface area contributed by atoms with Gasteiger partial charge in [0.15, 0.2) is 0 Å². The topological polar surface area (TPSA) is 87.7 Å². The molecule has 2 aliphatic rings. The largest absolute Gasteiger partial charge is 0.444 e. The number of nitrogens with one attached hydrogen (secondary N) is 2. The summed E-state index contributed by atoms with van der Waals surface area (Å²) in [6.45, 7) is 5.68. The van der Waals surface area contributed by atoms with Crippen LogP contribution < -0.4 is 10.6 Å². The normalized spacial score (nSPS) is 23.3. The molecule has 2 aromatic rings. The molecule has 2 aromatic carbocycles. The van der Waals surface area contributed by atoms with Crippen LogP contribution in [0.4, 0.5) is 4.79 Å². The predicted molar refractivity (Wildman–Crippen MR) is 151 cm³/mol. The van der Waals surface area contributed by atoms with Crippen molar-refractivity contribution in [1.29, 1.82) is 0 Å². The fraction of sp³-hybridized carbons (Fsp3) is 0.464. The molecular weight excluding hydrogens is 593 g/mol. The summed E-state index contributed by atoms with van der Waals surface area (Å²) in [4.78, 5) is 40.4. The number of hydrogen-bond acceptors (Lipinski definition) is 4. The van der Waals surface area contributed by atoms with Crippen LogP contribution in [0, 0.1) is 0 Å². The molecule has 1 aliphatic carbocycles. The maximum Gasteiger partial charge on any atom is 0.410 e. The minimum absolute atomic E-state index is 0.0532. The molecule has 0 spiro atoms. The molecule has 1 saturated carbocycles. The summed E-state index contributed by atoms with van der Waals surface area (Å²) in [5.74, 6) is -1.34. The smallest absolute Gasteiger partial charge is 0.410 e. The van der Waals surface area contributed by atoms with Crippen LogP contribution in [0.25, 0.3) is 0 Å². The average molecular weight is 625 g/mol. The van der Waals surface area contributed by atoms with Crippen molar-refractivity contribution in [3.63, 3.8) is 0 Å². The lowest BCUT2D eigenvalue weighted by Crippen LogP contribution is -2.49. The van der Waals surface area contributed by atoms with Gasteiger partial charge in [-0.1, -0.05) is 63.8 Å². The van der Waals surface area contributed by atoms with E-state index < -0.39 is 29.6 Å². The number of nitrogens with zero attached hydrogens (tertiary/aromatic N) is 1. The molecule has 38 heavy (non-hydrogen) atoms. The van der Waals surface area contributed by atoms with Crippen molar-refractivity contribution < 1.29 is 19.1 Å². The van der Waals surface area contributed by atoms with Crippen molar-refractivity contribution >= 4 is 57.0 Å². The van der Waals surface area contributed by atoms with Crippen LogP contribution in [-0.4, -0.2) is 47.0 Å². The molecule has 3 amide bonds. The van der Waals surface area contributed by atoms with Crippen molar-refractivity contribution in [2.24, 2.45) is 0 Å². The number of likely N-dealkylation sites (tertiary alicyclic amines) is 1. The molecule has 2 N–H and O–H groups in total. The van der Waals surface area contributed by atoms with Crippen molar-refractivity contribution in [3.8, 4) is 0 Å². The van der Waals surface area contributed by atoms with E-state index >= 15 is 0 Å². The predicted octanol–water partition coefficient (Wildman–Crippen LogP) is 6.38. The second kappa shape index (κ2) is 11.8. The van der Waals surface area contributed by atoms with Gasteiger partial charge in [-0.15, -0.1) is 0 Å². The fourth-order valence-electron chi connectivity index (χ4n) is 5.22. The molecule has 0 radical (unpaired) electrons. The van der Waals surface area contributed by atoms with Crippen molar-refractivity contribution in [2.45, 2.75) is 76.1 Å². The van der Waals surface area contributed by atoms with Gasteiger partial charge in [0.2, 0.25) is 0 Å². The molecule has 2 fully saturated rings. The molecule has 204 valence electrons. The Bertz CT molecular complexity index is 1200. The van der Waals surface area contributed by atoms with Crippen molar-refractivity contribution in [2.75, 3.05) is 6.54 Å². The zero-order valence-electron chi connectivity index (χ0n) is 21.6. The second-order valence-corrected chi connectivity index (χ2v) is 12.6.